The first-order valence-corrected chi connectivity index (χ1v) is 11.0. The van der Waals surface area contributed by atoms with Crippen molar-refractivity contribution in [3.63, 3.8) is 0 Å². The Kier molecular flexibility index (Phi) is 7.40. The molecule has 0 saturated carbocycles. The summed E-state index contributed by atoms with van der Waals surface area (Å²) in [6.45, 7) is -0.203. The average molecular weight is 430 g/mol. The first kappa shape index (κ1) is 22.6. The van der Waals surface area contributed by atoms with Crippen LogP contribution >= 0.6 is 11.8 Å². The van der Waals surface area contributed by atoms with Gasteiger partial charge in [0.1, 0.15) is 5.75 Å². The molecule has 160 valence electrons. The fourth-order valence-corrected chi connectivity index (χ4v) is 4.56. The van der Waals surface area contributed by atoms with Gasteiger partial charge in [-0.1, -0.05) is 12.1 Å². The van der Waals surface area contributed by atoms with Gasteiger partial charge >= 0.3 is 0 Å². The number of ether oxygens (including phenoxy) is 3. The van der Waals surface area contributed by atoms with Crippen LogP contribution in [-0.2, 0) is 21.7 Å². The van der Waals surface area contributed by atoms with E-state index in [4.69, 9.17) is 14.2 Å². The zero-order valence-electron chi connectivity index (χ0n) is 17.4. The summed E-state index contributed by atoms with van der Waals surface area (Å²) in [5.74, 6) is -0.415. The number of thioether (sulfide) groups is 1. The lowest BCUT2D eigenvalue weighted by molar-refractivity contribution is -0.300. The molecular formula is C23H27NO5S. The molecule has 3 atom stereocenters. The Balaban J connectivity index is 2.06. The number of nitrogens with zero attached hydrogens (tertiary/aromatic N) is 1. The van der Waals surface area contributed by atoms with E-state index in [-0.39, 0.29) is 13.0 Å². The highest BCUT2D eigenvalue weighted by molar-refractivity contribution is 7.98. The Morgan fingerprint density at radius 3 is 2.57 bits per heavy atom. The van der Waals surface area contributed by atoms with Gasteiger partial charge in [-0.05, 0) is 48.1 Å². The predicted octanol–water partition coefficient (Wildman–Crippen LogP) is 3.21. The highest BCUT2D eigenvalue weighted by Gasteiger charge is 2.44. The summed E-state index contributed by atoms with van der Waals surface area (Å²) in [7, 11) is 3.16. The molecule has 1 aliphatic rings. The number of rotatable bonds is 7. The molecule has 2 aromatic carbocycles. The van der Waals surface area contributed by atoms with Crippen LogP contribution in [0, 0.1) is 11.3 Å². The smallest absolute Gasteiger partial charge is 0.198 e. The molecule has 1 aliphatic heterocycles. The highest BCUT2D eigenvalue weighted by atomic mass is 32.2. The molecule has 2 aromatic rings. The van der Waals surface area contributed by atoms with Crippen LogP contribution in [0.2, 0.25) is 0 Å². The Morgan fingerprint density at radius 1 is 1.27 bits per heavy atom. The summed E-state index contributed by atoms with van der Waals surface area (Å²) in [6, 6.07) is 13.8. The van der Waals surface area contributed by atoms with Gasteiger partial charge < -0.3 is 24.4 Å². The Bertz CT molecular complexity index is 911. The third-order valence-electron chi connectivity index (χ3n) is 5.44. The van der Waals surface area contributed by atoms with Crippen molar-refractivity contribution in [2.45, 2.75) is 42.2 Å². The third kappa shape index (κ3) is 4.64. The van der Waals surface area contributed by atoms with Crippen LogP contribution in [-0.4, -0.2) is 49.5 Å². The van der Waals surface area contributed by atoms with E-state index in [1.165, 1.54) is 18.9 Å². The lowest BCUT2D eigenvalue weighted by Crippen LogP contribution is -2.47. The van der Waals surface area contributed by atoms with E-state index in [0.717, 1.165) is 27.3 Å². The van der Waals surface area contributed by atoms with Gasteiger partial charge in [0, 0.05) is 30.4 Å². The monoisotopic (exact) mass is 429 g/mol. The second-order valence-electron chi connectivity index (χ2n) is 7.32. The molecule has 2 N–H and O–H groups in total. The molecule has 6 nitrogen and oxygen atoms in total. The van der Waals surface area contributed by atoms with Gasteiger partial charge in [-0.25, -0.2) is 0 Å². The Labute approximate surface area is 181 Å². The van der Waals surface area contributed by atoms with Gasteiger partial charge in [-0.3, -0.25) is 0 Å². The number of aliphatic hydroxyl groups is 2. The van der Waals surface area contributed by atoms with E-state index in [0.29, 0.717) is 18.4 Å². The first-order chi connectivity index (χ1) is 14.5. The molecule has 0 radical (unpaired) electrons. The van der Waals surface area contributed by atoms with Crippen LogP contribution in [0.15, 0.2) is 41.3 Å². The van der Waals surface area contributed by atoms with Gasteiger partial charge in [0.2, 0.25) is 0 Å². The molecule has 7 heteroatoms. The Morgan fingerprint density at radius 2 is 2.00 bits per heavy atom. The molecule has 3 rings (SSSR count). The van der Waals surface area contributed by atoms with Crippen molar-refractivity contribution in [2.75, 3.05) is 27.1 Å². The van der Waals surface area contributed by atoms with E-state index in [9.17, 15) is 15.5 Å². The van der Waals surface area contributed by atoms with E-state index in [1.807, 2.05) is 42.7 Å². The zero-order chi connectivity index (χ0) is 21.7. The topological polar surface area (TPSA) is 91.9 Å². The maximum atomic E-state index is 10.4. The van der Waals surface area contributed by atoms with Crippen LogP contribution in [0.5, 0.6) is 5.75 Å². The molecular weight excluding hydrogens is 402 g/mol. The van der Waals surface area contributed by atoms with Crippen LogP contribution in [0.4, 0.5) is 0 Å². The van der Waals surface area contributed by atoms with Crippen molar-refractivity contribution in [1.29, 1.82) is 5.26 Å². The van der Waals surface area contributed by atoms with Crippen molar-refractivity contribution in [3.05, 3.63) is 58.7 Å². The number of methoxy groups -OCH3 is 2. The minimum absolute atomic E-state index is 0.203. The fourth-order valence-electron chi connectivity index (χ4n) is 3.89. The number of aliphatic hydroxyl groups excluding tert-OH is 2. The van der Waals surface area contributed by atoms with E-state index in [2.05, 4.69) is 6.07 Å². The summed E-state index contributed by atoms with van der Waals surface area (Å²) in [5, 5.41) is 29.8. The van der Waals surface area contributed by atoms with Crippen molar-refractivity contribution in [1.82, 2.24) is 0 Å². The lowest BCUT2D eigenvalue weighted by atomic mass is 9.89. The minimum atomic E-state index is -1.19. The molecule has 30 heavy (non-hydrogen) atoms. The second-order valence-corrected chi connectivity index (χ2v) is 8.17. The van der Waals surface area contributed by atoms with E-state index >= 15 is 0 Å². The maximum absolute atomic E-state index is 10.4. The average Bonchev–Trinajstić information content (AvgIpc) is 2.78. The summed E-state index contributed by atoms with van der Waals surface area (Å²) in [4.78, 5) is 0.845. The summed E-state index contributed by atoms with van der Waals surface area (Å²) < 4.78 is 17.2. The molecule has 1 saturated heterocycles. The maximum Gasteiger partial charge on any atom is 0.198 e. The number of hydrogen-bond acceptors (Lipinski definition) is 7. The van der Waals surface area contributed by atoms with Gasteiger partial charge in [-0.2, -0.15) is 5.26 Å². The SMILES string of the molecule is COc1ccc(Cc2cc(C3(OC)CC(O)CC(CO)O3)c(SC)cc2C#N)cc1. The third-order valence-corrected chi connectivity index (χ3v) is 6.22. The molecule has 3 unspecified atom stereocenters. The first-order valence-electron chi connectivity index (χ1n) is 9.74. The molecule has 0 aromatic heterocycles. The van der Waals surface area contributed by atoms with Crippen LogP contribution in [0.3, 0.4) is 0 Å². The van der Waals surface area contributed by atoms with Crippen LogP contribution in [0.25, 0.3) is 0 Å². The molecule has 1 heterocycles. The standard InChI is InChI=1S/C23H27NO5S/c1-27-19-6-4-15(5-7-19)8-16-9-21(22(30-3)10-17(16)13-24)23(28-2)12-18(26)11-20(14-25)29-23/h4-7,9-10,18,20,25-26H,8,11-12,14H2,1-3H3. The van der Waals surface area contributed by atoms with E-state index in [1.54, 1.807) is 7.11 Å². The van der Waals surface area contributed by atoms with Crippen LogP contribution in [0.1, 0.15) is 35.1 Å². The van der Waals surface area contributed by atoms with Crippen molar-refractivity contribution in [2.24, 2.45) is 0 Å². The molecule has 0 bridgehead atoms. The number of benzene rings is 2. The predicted molar refractivity (Wildman–Crippen MR) is 115 cm³/mol. The van der Waals surface area contributed by atoms with Crippen molar-refractivity contribution < 1.29 is 24.4 Å². The lowest BCUT2D eigenvalue weighted by Gasteiger charge is -2.42. The second kappa shape index (κ2) is 9.82. The van der Waals surface area contributed by atoms with Gasteiger partial charge in [0.25, 0.3) is 0 Å². The van der Waals surface area contributed by atoms with Crippen LogP contribution < -0.4 is 4.74 Å². The minimum Gasteiger partial charge on any atom is -0.497 e. The zero-order valence-corrected chi connectivity index (χ0v) is 18.2. The number of nitriles is 1. The largest absolute Gasteiger partial charge is 0.497 e. The fraction of sp³-hybridized carbons (Fsp3) is 0.435. The summed E-state index contributed by atoms with van der Waals surface area (Å²) >= 11 is 1.49. The Hall–Kier alpha value is -2.08. The van der Waals surface area contributed by atoms with E-state index < -0.39 is 18.0 Å². The van der Waals surface area contributed by atoms with Crippen molar-refractivity contribution in [3.8, 4) is 11.8 Å². The normalized spacial score (nSPS) is 23.7. The molecule has 1 fully saturated rings. The van der Waals surface area contributed by atoms with Crippen molar-refractivity contribution >= 4 is 11.8 Å². The molecule has 0 amide bonds. The summed E-state index contributed by atoms with van der Waals surface area (Å²) in [6.07, 6.45) is 1.90. The van der Waals surface area contributed by atoms with Gasteiger partial charge in [0.05, 0.1) is 37.6 Å². The highest BCUT2D eigenvalue weighted by Crippen LogP contribution is 2.43. The quantitative estimate of drug-likeness (QED) is 0.653. The molecule has 0 spiro atoms. The number of hydrogen-bond donors (Lipinski definition) is 2. The van der Waals surface area contributed by atoms with Gasteiger partial charge in [0.15, 0.2) is 5.79 Å². The van der Waals surface area contributed by atoms with Gasteiger partial charge in [-0.15, -0.1) is 11.8 Å². The summed E-state index contributed by atoms with van der Waals surface area (Å²) in [5.41, 5.74) is 3.23. The molecule has 0 aliphatic carbocycles.